The van der Waals surface area contributed by atoms with Crippen molar-refractivity contribution >= 4 is 0 Å². The lowest BCUT2D eigenvalue weighted by atomic mass is 9.93. The van der Waals surface area contributed by atoms with E-state index in [1.807, 2.05) is 0 Å². The topological polar surface area (TPSA) is 24.5 Å². The Morgan fingerprint density at radius 2 is 2.21 bits per heavy atom. The van der Waals surface area contributed by atoms with Crippen LogP contribution in [-0.2, 0) is 17.9 Å². The van der Waals surface area contributed by atoms with Crippen molar-refractivity contribution in [1.29, 1.82) is 0 Å². The first kappa shape index (κ1) is 13.1. The van der Waals surface area contributed by atoms with Gasteiger partial charge >= 0.3 is 0 Å². The number of nitrogens with zero attached hydrogens (tertiary/aromatic N) is 1. The summed E-state index contributed by atoms with van der Waals surface area (Å²) in [5.74, 6) is 0.871. The highest BCUT2D eigenvalue weighted by atomic mass is 16.5. The van der Waals surface area contributed by atoms with Crippen molar-refractivity contribution in [2.45, 2.75) is 32.0 Å². The second kappa shape index (κ2) is 6.04. The van der Waals surface area contributed by atoms with Crippen LogP contribution in [0.3, 0.4) is 0 Å². The molecule has 2 saturated heterocycles. The molecule has 0 amide bonds. The van der Waals surface area contributed by atoms with Gasteiger partial charge in [-0.05, 0) is 43.0 Å². The third kappa shape index (κ3) is 3.16. The van der Waals surface area contributed by atoms with Crippen LogP contribution in [0.15, 0.2) is 24.3 Å². The van der Waals surface area contributed by atoms with Gasteiger partial charge in [-0.1, -0.05) is 24.3 Å². The average Bonchev–Trinajstić information content (AvgIpc) is 2.87. The van der Waals surface area contributed by atoms with Crippen LogP contribution < -0.4 is 5.32 Å². The van der Waals surface area contributed by atoms with E-state index in [2.05, 4.69) is 34.5 Å². The molecular weight excluding hydrogens is 236 g/mol. The van der Waals surface area contributed by atoms with Crippen LogP contribution in [0.2, 0.25) is 0 Å². The third-order valence-electron chi connectivity index (χ3n) is 4.45. The molecule has 2 heterocycles. The molecule has 2 fully saturated rings. The minimum absolute atomic E-state index is 0.711. The first-order valence-corrected chi connectivity index (χ1v) is 7.37. The Hall–Kier alpha value is -0.900. The van der Waals surface area contributed by atoms with Crippen LogP contribution in [0, 0.1) is 5.92 Å². The number of nitrogens with one attached hydrogen (secondary N) is 1. The zero-order chi connectivity index (χ0) is 13.1. The number of methoxy groups -OCH3 is 1. The smallest absolute Gasteiger partial charge is 0.0713 e. The van der Waals surface area contributed by atoms with E-state index >= 15 is 0 Å². The molecule has 0 radical (unpaired) electrons. The summed E-state index contributed by atoms with van der Waals surface area (Å²) in [6, 6.07) is 9.59. The molecule has 2 aliphatic rings. The van der Waals surface area contributed by atoms with E-state index in [-0.39, 0.29) is 0 Å². The minimum atomic E-state index is 0.711. The van der Waals surface area contributed by atoms with Crippen LogP contribution in [-0.4, -0.2) is 37.7 Å². The number of likely N-dealkylation sites (tertiary alicyclic amines) is 1. The lowest BCUT2D eigenvalue weighted by Crippen LogP contribution is -2.43. The maximum Gasteiger partial charge on any atom is 0.0713 e. The van der Waals surface area contributed by atoms with Gasteiger partial charge in [0.1, 0.15) is 0 Å². The molecule has 0 bridgehead atoms. The van der Waals surface area contributed by atoms with E-state index in [1.165, 1.54) is 43.6 Å². The van der Waals surface area contributed by atoms with Gasteiger partial charge in [0.05, 0.1) is 6.61 Å². The SMILES string of the molecule is COCc1cccc(CN2CCC3NCCC3C2)c1. The summed E-state index contributed by atoms with van der Waals surface area (Å²) in [5.41, 5.74) is 2.69. The van der Waals surface area contributed by atoms with E-state index < -0.39 is 0 Å². The number of hydrogen-bond acceptors (Lipinski definition) is 3. The van der Waals surface area contributed by atoms with E-state index in [9.17, 15) is 0 Å². The lowest BCUT2D eigenvalue weighted by Gasteiger charge is -2.34. The second-order valence-electron chi connectivity index (χ2n) is 5.89. The highest BCUT2D eigenvalue weighted by molar-refractivity contribution is 5.23. The molecule has 3 heteroatoms. The summed E-state index contributed by atoms with van der Waals surface area (Å²) in [4.78, 5) is 2.61. The van der Waals surface area contributed by atoms with Gasteiger partial charge in [0.15, 0.2) is 0 Å². The lowest BCUT2D eigenvalue weighted by molar-refractivity contribution is 0.155. The Balaban J connectivity index is 1.60. The molecule has 0 spiro atoms. The van der Waals surface area contributed by atoms with E-state index in [1.54, 1.807) is 7.11 Å². The maximum absolute atomic E-state index is 5.21. The molecule has 0 aromatic heterocycles. The Labute approximate surface area is 115 Å². The van der Waals surface area contributed by atoms with Gasteiger partial charge in [-0.3, -0.25) is 4.90 Å². The monoisotopic (exact) mass is 260 g/mol. The van der Waals surface area contributed by atoms with E-state index in [0.29, 0.717) is 6.61 Å². The van der Waals surface area contributed by atoms with Crippen molar-refractivity contribution in [1.82, 2.24) is 10.2 Å². The zero-order valence-electron chi connectivity index (χ0n) is 11.8. The summed E-state index contributed by atoms with van der Waals surface area (Å²) in [7, 11) is 1.75. The van der Waals surface area contributed by atoms with Gasteiger partial charge in [0, 0.05) is 26.2 Å². The van der Waals surface area contributed by atoms with Gasteiger partial charge in [0.25, 0.3) is 0 Å². The van der Waals surface area contributed by atoms with Gasteiger partial charge in [0.2, 0.25) is 0 Å². The molecule has 2 atom stereocenters. The van der Waals surface area contributed by atoms with Crippen molar-refractivity contribution in [2.24, 2.45) is 5.92 Å². The number of rotatable bonds is 4. The van der Waals surface area contributed by atoms with Crippen molar-refractivity contribution in [3.8, 4) is 0 Å². The van der Waals surface area contributed by atoms with Crippen molar-refractivity contribution in [3.63, 3.8) is 0 Å². The highest BCUT2D eigenvalue weighted by Gasteiger charge is 2.32. The fourth-order valence-corrected chi connectivity index (χ4v) is 3.51. The van der Waals surface area contributed by atoms with Gasteiger partial charge in [-0.2, -0.15) is 0 Å². The third-order valence-corrected chi connectivity index (χ3v) is 4.45. The zero-order valence-corrected chi connectivity index (χ0v) is 11.8. The standard InChI is InChI=1S/C16H24N2O/c1-19-12-14-4-2-3-13(9-14)10-18-8-6-16-15(11-18)5-7-17-16/h2-4,9,15-17H,5-8,10-12H2,1H3. The largest absolute Gasteiger partial charge is 0.380 e. The van der Waals surface area contributed by atoms with Crippen LogP contribution in [0.25, 0.3) is 0 Å². The number of piperidine rings is 1. The Morgan fingerprint density at radius 1 is 1.32 bits per heavy atom. The molecule has 1 N–H and O–H groups in total. The number of ether oxygens (including phenoxy) is 1. The summed E-state index contributed by atoms with van der Waals surface area (Å²) < 4.78 is 5.21. The molecule has 19 heavy (non-hydrogen) atoms. The maximum atomic E-state index is 5.21. The quantitative estimate of drug-likeness (QED) is 0.896. The van der Waals surface area contributed by atoms with Crippen LogP contribution in [0.5, 0.6) is 0 Å². The molecule has 2 unspecified atom stereocenters. The molecular formula is C16H24N2O. The highest BCUT2D eigenvalue weighted by Crippen LogP contribution is 2.25. The van der Waals surface area contributed by atoms with Crippen molar-refractivity contribution < 1.29 is 4.74 Å². The normalized spacial score (nSPS) is 27.4. The van der Waals surface area contributed by atoms with Gasteiger partial charge in [-0.15, -0.1) is 0 Å². The van der Waals surface area contributed by atoms with Crippen LogP contribution in [0.4, 0.5) is 0 Å². The summed E-state index contributed by atoms with van der Waals surface area (Å²) >= 11 is 0. The Bertz CT molecular complexity index is 421. The van der Waals surface area contributed by atoms with Gasteiger partial charge < -0.3 is 10.1 Å². The van der Waals surface area contributed by atoms with E-state index in [4.69, 9.17) is 4.74 Å². The Morgan fingerprint density at radius 3 is 3.11 bits per heavy atom. The minimum Gasteiger partial charge on any atom is -0.380 e. The first-order chi connectivity index (χ1) is 9.35. The number of fused-ring (bicyclic) bond motifs is 1. The molecule has 0 saturated carbocycles. The summed E-state index contributed by atoms with van der Waals surface area (Å²) in [6.07, 6.45) is 2.66. The second-order valence-corrected chi connectivity index (χ2v) is 5.89. The summed E-state index contributed by atoms with van der Waals surface area (Å²) in [6.45, 7) is 5.49. The molecule has 1 aromatic rings. The molecule has 1 aromatic carbocycles. The molecule has 2 aliphatic heterocycles. The predicted octanol–water partition coefficient (Wildman–Crippen LogP) is 2.02. The molecule has 3 rings (SSSR count). The number of hydrogen-bond donors (Lipinski definition) is 1. The van der Waals surface area contributed by atoms with Crippen molar-refractivity contribution in [2.75, 3.05) is 26.7 Å². The van der Waals surface area contributed by atoms with E-state index in [0.717, 1.165) is 18.5 Å². The van der Waals surface area contributed by atoms with Crippen LogP contribution >= 0.6 is 0 Å². The average molecular weight is 260 g/mol. The first-order valence-electron chi connectivity index (χ1n) is 7.37. The fourth-order valence-electron chi connectivity index (χ4n) is 3.51. The molecule has 104 valence electrons. The fraction of sp³-hybridized carbons (Fsp3) is 0.625. The molecule has 3 nitrogen and oxygen atoms in total. The van der Waals surface area contributed by atoms with Crippen LogP contribution in [0.1, 0.15) is 24.0 Å². The number of benzene rings is 1. The van der Waals surface area contributed by atoms with Crippen molar-refractivity contribution in [3.05, 3.63) is 35.4 Å². The Kier molecular flexibility index (Phi) is 4.16. The predicted molar refractivity (Wildman–Crippen MR) is 76.9 cm³/mol. The van der Waals surface area contributed by atoms with Gasteiger partial charge in [-0.25, -0.2) is 0 Å². The molecule has 0 aliphatic carbocycles. The summed E-state index contributed by atoms with van der Waals surface area (Å²) in [5, 5.41) is 3.63.